The fourth-order valence-electron chi connectivity index (χ4n) is 3.81. The topological polar surface area (TPSA) is 85.0 Å². The molecule has 8 heteroatoms. The summed E-state index contributed by atoms with van der Waals surface area (Å²) in [6, 6.07) is 9.27. The Morgan fingerprint density at radius 2 is 2.03 bits per heavy atom. The number of hydrogen-bond donors (Lipinski definition) is 2. The molecule has 1 saturated heterocycles. The van der Waals surface area contributed by atoms with Gasteiger partial charge in [-0.1, -0.05) is 0 Å². The zero-order valence-electron chi connectivity index (χ0n) is 16.4. The van der Waals surface area contributed by atoms with Gasteiger partial charge in [0.25, 0.3) is 0 Å². The Hall–Kier alpha value is -3.26. The highest BCUT2D eigenvalue weighted by molar-refractivity contribution is 5.92. The van der Waals surface area contributed by atoms with E-state index in [-0.39, 0.29) is 0 Å². The Balaban J connectivity index is 1.32. The zero-order valence-corrected chi connectivity index (χ0v) is 16.4. The van der Waals surface area contributed by atoms with E-state index in [1.54, 1.807) is 6.20 Å². The molecule has 0 atom stereocenters. The molecule has 0 spiro atoms. The third kappa shape index (κ3) is 3.91. The fourth-order valence-corrected chi connectivity index (χ4v) is 3.81. The summed E-state index contributed by atoms with van der Waals surface area (Å²) in [5.41, 5.74) is 1.31. The van der Waals surface area contributed by atoms with E-state index in [1.807, 2.05) is 24.3 Å². The first-order chi connectivity index (χ1) is 14.8. The van der Waals surface area contributed by atoms with E-state index in [0.717, 1.165) is 55.1 Å². The van der Waals surface area contributed by atoms with Crippen LogP contribution < -0.4 is 10.1 Å². The first-order valence-electron chi connectivity index (χ1n) is 10.1. The van der Waals surface area contributed by atoms with Gasteiger partial charge in [0.05, 0.1) is 18.2 Å². The van der Waals surface area contributed by atoms with Gasteiger partial charge in [-0.2, -0.15) is 5.10 Å². The van der Waals surface area contributed by atoms with Crippen molar-refractivity contribution in [3.05, 3.63) is 48.5 Å². The molecule has 1 aliphatic rings. The number of anilines is 2. The number of aromatic amines is 1. The van der Waals surface area contributed by atoms with Crippen LogP contribution >= 0.6 is 0 Å². The van der Waals surface area contributed by atoms with Crippen molar-refractivity contribution in [2.45, 2.75) is 19.3 Å². The molecule has 5 rings (SSSR count). The van der Waals surface area contributed by atoms with Crippen molar-refractivity contribution in [3.8, 4) is 5.88 Å². The molecule has 7 nitrogen and oxygen atoms in total. The van der Waals surface area contributed by atoms with Gasteiger partial charge in [-0.3, -0.25) is 5.10 Å². The lowest BCUT2D eigenvalue weighted by Gasteiger charge is -2.21. The fraction of sp³-hybridized carbons (Fsp3) is 0.318. The number of pyridine rings is 2. The van der Waals surface area contributed by atoms with Crippen molar-refractivity contribution in [1.29, 1.82) is 0 Å². The van der Waals surface area contributed by atoms with Crippen LogP contribution in [0.5, 0.6) is 5.88 Å². The number of hydrogen-bond acceptors (Lipinski definition) is 6. The number of rotatable bonds is 6. The molecule has 1 aliphatic heterocycles. The van der Waals surface area contributed by atoms with Crippen LogP contribution in [0, 0.1) is 11.7 Å². The van der Waals surface area contributed by atoms with E-state index in [1.165, 1.54) is 6.07 Å². The zero-order chi connectivity index (χ0) is 20.3. The number of ether oxygens (including phenoxy) is 2. The molecule has 3 aromatic heterocycles. The molecule has 0 bridgehead atoms. The summed E-state index contributed by atoms with van der Waals surface area (Å²) in [5, 5.41) is 12.8. The summed E-state index contributed by atoms with van der Waals surface area (Å²) >= 11 is 0. The third-order valence-electron chi connectivity index (χ3n) is 5.48. The van der Waals surface area contributed by atoms with E-state index in [2.05, 4.69) is 25.5 Å². The molecular weight excluding hydrogens is 385 g/mol. The Labute approximate surface area is 172 Å². The smallest absolute Gasteiger partial charge is 0.221 e. The maximum Gasteiger partial charge on any atom is 0.221 e. The number of benzene rings is 1. The lowest BCUT2D eigenvalue weighted by atomic mass is 9.97. The highest BCUT2D eigenvalue weighted by Crippen LogP contribution is 2.29. The number of H-pyrrole nitrogens is 1. The van der Waals surface area contributed by atoms with E-state index in [9.17, 15) is 4.39 Å². The average Bonchev–Trinajstić information content (AvgIpc) is 3.16. The second kappa shape index (κ2) is 8.23. The van der Waals surface area contributed by atoms with Crippen LogP contribution in [0.15, 0.2) is 42.7 Å². The normalized spacial score (nSPS) is 15.0. The minimum atomic E-state index is -0.404. The van der Waals surface area contributed by atoms with Crippen LogP contribution in [0.4, 0.5) is 15.9 Å². The Bertz CT molecular complexity index is 1170. The van der Waals surface area contributed by atoms with Gasteiger partial charge in [-0.15, -0.1) is 0 Å². The molecule has 1 aromatic carbocycles. The van der Waals surface area contributed by atoms with Crippen molar-refractivity contribution in [3.63, 3.8) is 0 Å². The highest BCUT2D eigenvalue weighted by Gasteiger charge is 2.14. The Morgan fingerprint density at radius 3 is 2.93 bits per heavy atom. The van der Waals surface area contributed by atoms with Crippen LogP contribution in [0.3, 0.4) is 0 Å². The predicted molar refractivity (Wildman–Crippen MR) is 113 cm³/mol. The van der Waals surface area contributed by atoms with Gasteiger partial charge in [0.15, 0.2) is 5.65 Å². The van der Waals surface area contributed by atoms with E-state index in [4.69, 9.17) is 9.47 Å². The van der Waals surface area contributed by atoms with Crippen molar-refractivity contribution in [2.75, 3.05) is 25.1 Å². The van der Waals surface area contributed by atoms with Crippen LogP contribution in [0.1, 0.15) is 19.3 Å². The Morgan fingerprint density at radius 1 is 1.13 bits per heavy atom. The van der Waals surface area contributed by atoms with Crippen LogP contribution in [0.25, 0.3) is 21.8 Å². The predicted octanol–water partition coefficient (Wildman–Crippen LogP) is 4.58. The first-order valence-corrected chi connectivity index (χ1v) is 10.1. The molecule has 0 unspecified atom stereocenters. The van der Waals surface area contributed by atoms with Crippen molar-refractivity contribution in [1.82, 2.24) is 20.2 Å². The summed E-state index contributed by atoms with van der Waals surface area (Å²) in [6.45, 7) is 2.35. The number of nitrogens with zero attached hydrogens (tertiary/aromatic N) is 3. The summed E-state index contributed by atoms with van der Waals surface area (Å²) in [5.74, 6) is 1.50. The molecule has 1 fully saturated rings. The monoisotopic (exact) mass is 407 g/mol. The molecule has 30 heavy (non-hydrogen) atoms. The minimum absolute atomic E-state index is 0.404. The number of fused-ring (bicyclic) bond motifs is 2. The first kappa shape index (κ1) is 18.7. The largest absolute Gasteiger partial charge is 0.477 e. The minimum Gasteiger partial charge on any atom is -0.477 e. The number of halogens is 1. The highest BCUT2D eigenvalue weighted by atomic mass is 19.1. The number of nitrogens with one attached hydrogen (secondary N) is 2. The molecule has 0 radical (unpaired) electrons. The molecule has 0 aliphatic carbocycles. The van der Waals surface area contributed by atoms with Gasteiger partial charge < -0.3 is 14.8 Å². The summed E-state index contributed by atoms with van der Waals surface area (Å²) in [4.78, 5) is 8.39. The third-order valence-corrected chi connectivity index (χ3v) is 5.48. The van der Waals surface area contributed by atoms with Crippen LogP contribution in [-0.2, 0) is 4.74 Å². The SMILES string of the molecule is Fc1cnc2n[nH]c(Nc3ccc4c(OCCC5CCOCC5)nccc4c3)c2c1. The van der Waals surface area contributed by atoms with Crippen LogP contribution in [0.2, 0.25) is 0 Å². The Kier molecular flexibility index (Phi) is 5.15. The lowest BCUT2D eigenvalue weighted by Crippen LogP contribution is -2.18. The maximum absolute atomic E-state index is 13.5. The van der Waals surface area contributed by atoms with Gasteiger partial charge >= 0.3 is 0 Å². The van der Waals surface area contributed by atoms with Gasteiger partial charge in [0, 0.05) is 30.5 Å². The van der Waals surface area contributed by atoms with Crippen molar-refractivity contribution in [2.24, 2.45) is 5.92 Å². The second-order valence-electron chi connectivity index (χ2n) is 7.49. The number of aromatic nitrogens is 4. The summed E-state index contributed by atoms with van der Waals surface area (Å²) < 4.78 is 25.0. The summed E-state index contributed by atoms with van der Waals surface area (Å²) in [6.07, 6.45) is 6.12. The maximum atomic E-state index is 13.5. The van der Waals surface area contributed by atoms with E-state index < -0.39 is 5.82 Å². The molecular formula is C22H22FN5O2. The molecule has 0 saturated carbocycles. The average molecular weight is 407 g/mol. The van der Waals surface area contributed by atoms with E-state index in [0.29, 0.717) is 35.3 Å². The van der Waals surface area contributed by atoms with Gasteiger partial charge in [-0.05, 0) is 60.9 Å². The molecule has 4 aromatic rings. The molecule has 4 heterocycles. The molecule has 2 N–H and O–H groups in total. The molecule has 154 valence electrons. The molecule has 0 amide bonds. The van der Waals surface area contributed by atoms with Crippen molar-refractivity contribution < 1.29 is 13.9 Å². The summed E-state index contributed by atoms with van der Waals surface area (Å²) in [7, 11) is 0. The van der Waals surface area contributed by atoms with Crippen molar-refractivity contribution >= 4 is 33.3 Å². The van der Waals surface area contributed by atoms with Gasteiger partial charge in [0.2, 0.25) is 5.88 Å². The van der Waals surface area contributed by atoms with Gasteiger partial charge in [0.1, 0.15) is 11.6 Å². The standard InChI is InChI=1S/C22H22FN5O2/c23-16-12-19-20(25-13-16)27-28-21(19)26-17-1-2-18-15(11-17)3-7-24-22(18)30-10-6-14-4-8-29-9-5-14/h1-3,7,11-14H,4-6,8-10H2,(H2,25,26,27,28). The lowest BCUT2D eigenvalue weighted by molar-refractivity contribution is 0.0592. The van der Waals surface area contributed by atoms with E-state index >= 15 is 0 Å². The van der Waals surface area contributed by atoms with Crippen LogP contribution in [-0.4, -0.2) is 40.0 Å². The van der Waals surface area contributed by atoms with Gasteiger partial charge in [-0.25, -0.2) is 14.4 Å². The second-order valence-corrected chi connectivity index (χ2v) is 7.49. The quantitative estimate of drug-likeness (QED) is 0.487.